The average molecular weight is 493 g/mol. The lowest BCUT2D eigenvalue weighted by atomic mass is 10.1. The normalized spacial score (nSPS) is 17.6. The lowest BCUT2D eigenvalue weighted by Crippen LogP contribution is -2.49. The predicted molar refractivity (Wildman–Crippen MR) is 135 cm³/mol. The van der Waals surface area contributed by atoms with Gasteiger partial charge in [0.05, 0.1) is 23.7 Å². The van der Waals surface area contributed by atoms with E-state index >= 15 is 0 Å². The van der Waals surface area contributed by atoms with E-state index in [4.69, 9.17) is 10.5 Å². The largest absolute Gasteiger partial charge is 0.477 e. The number of primary amides is 1. The van der Waals surface area contributed by atoms with Gasteiger partial charge in [0.2, 0.25) is 11.9 Å². The Hall–Kier alpha value is -3.53. The first kappa shape index (κ1) is 23.2. The Kier molecular flexibility index (Phi) is 6.63. The Morgan fingerprint density at radius 2 is 1.80 bits per heavy atom. The highest BCUT2D eigenvalue weighted by atomic mass is 32.2. The van der Waals surface area contributed by atoms with Gasteiger partial charge in [0.15, 0.2) is 11.3 Å². The number of thioether (sulfide) groups is 1. The molecule has 5 rings (SSSR count). The molecule has 0 bridgehead atoms. The Morgan fingerprint density at radius 1 is 1.06 bits per heavy atom. The number of anilines is 2. The van der Waals surface area contributed by atoms with Crippen molar-refractivity contribution in [1.82, 2.24) is 14.8 Å². The second kappa shape index (κ2) is 9.99. The van der Waals surface area contributed by atoms with Crippen LogP contribution in [0.25, 0.3) is 5.69 Å². The molecule has 0 aliphatic carbocycles. The molecule has 2 aromatic carbocycles. The van der Waals surface area contributed by atoms with E-state index in [-0.39, 0.29) is 18.2 Å². The summed E-state index contributed by atoms with van der Waals surface area (Å²) < 4.78 is 7.72. The molecule has 1 aromatic heterocycles. The van der Waals surface area contributed by atoms with E-state index in [0.717, 1.165) is 37.6 Å². The van der Waals surface area contributed by atoms with Crippen molar-refractivity contribution >= 4 is 35.2 Å². The minimum Gasteiger partial charge on any atom is -0.477 e. The number of nitrogens with two attached hydrogens (primary N) is 1. The van der Waals surface area contributed by atoms with Gasteiger partial charge in [-0.05, 0) is 50.5 Å². The molecule has 9 nitrogen and oxygen atoms in total. The zero-order chi connectivity index (χ0) is 24.4. The van der Waals surface area contributed by atoms with E-state index in [0.29, 0.717) is 16.6 Å². The van der Waals surface area contributed by atoms with Crippen LogP contribution in [0.5, 0.6) is 5.75 Å². The van der Waals surface area contributed by atoms with Crippen molar-refractivity contribution in [2.75, 3.05) is 35.2 Å². The topological polar surface area (TPSA) is 107 Å². The third kappa shape index (κ3) is 4.84. The molecular weight excluding hydrogens is 464 g/mol. The summed E-state index contributed by atoms with van der Waals surface area (Å²) in [6, 6.07) is 15.4. The van der Waals surface area contributed by atoms with Crippen molar-refractivity contribution in [3.8, 4) is 11.4 Å². The maximum absolute atomic E-state index is 13.3. The molecule has 3 aromatic rings. The quantitative estimate of drug-likeness (QED) is 0.527. The van der Waals surface area contributed by atoms with E-state index in [1.807, 2.05) is 22.8 Å². The maximum atomic E-state index is 13.3. The van der Waals surface area contributed by atoms with Gasteiger partial charge in [0, 0.05) is 13.1 Å². The maximum Gasteiger partial charge on any atom is 0.260 e. The van der Waals surface area contributed by atoms with Crippen molar-refractivity contribution in [2.24, 2.45) is 5.73 Å². The number of para-hydroxylation sites is 2. The SMILES string of the molecule is Cc1ccc(-n2c(SCC(=O)N3C[C@H](C(N)=O)Oc4ccccc43)nnc2N2CCCCC2)cc1. The number of aryl methyl sites for hydroxylation is 1. The monoisotopic (exact) mass is 492 g/mol. The number of carbonyl (C=O) groups is 2. The number of hydrogen-bond donors (Lipinski definition) is 1. The smallest absolute Gasteiger partial charge is 0.260 e. The van der Waals surface area contributed by atoms with Crippen LogP contribution in [-0.4, -0.2) is 58.1 Å². The van der Waals surface area contributed by atoms with Crippen molar-refractivity contribution in [2.45, 2.75) is 37.4 Å². The van der Waals surface area contributed by atoms with Gasteiger partial charge in [-0.2, -0.15) is 0 Å². The van der Waals surface area contributed by atoms with Crippen molar-refractivity contribution in [3.05, 3.63) is 54.1 Å². The van der Waals surface area contributed by atoms with Gasteiger partial charge < -0.3 is 20.3 Å². The molecule has 10 heteroatoms. The highest BCUT2D eigenvalue weighted by Crippen LogP contribution is 2.34. The van der Waals surface area contributed by atoms with Crippen LogP contribution >= 0.6 is 11.8 Å². The van der Waals surface area contributed by atoms with Gasteiger partial charge in [-0.3, -0.25) is 14.2 Å². The van der Waals surface area contributed by atoms with Crippen molar-refractivity contribution in [1.29, 1.82) is 0 Å². The highest BCUT2D eigenvalue weighted by molar-refractivity contribution is 7.99. The third-order valence-corrected chi connectivity index (χ3v) is 7.18. The average Bonchev–Trinajstić information content (AvgIpc) is 3.31. The van der Waals surface area contributed by atoms with E-state index < -0.39 is 12.0 Å². The lowest BCUT2D eigenvalue weighted by molar-refractivity contribution is -0.125. The van der Waals surface area contributed by atoms with Gasteiger partial charge >= 0.3 is 0 Å². The summed E-state index contributed by atoms with van der Waals surface area (Å²) in [6.45, 7) is 4.00. The third-order valence-electron chi connectivity index (χ3n) is 6.26. The standard InChI is InChI=1S/C25H28N6O3S/c1-17-9-11-18(12-10-17)31-24(29-13-5-2-6-14-29)27-28-25(31)35-16-22(32)30-15-21(23(26)33)34-20-8-4-3-7-19(20)30/h3-4,7-12,21H,2,5-6,13-16H2,1H3,(H2,26,33)/t21-/m1/s1. The molecule has 2 aliphatic heterocycles. The van der Waals surface area contributed by atoms with Gasteiger partial charge in [-0.15, -0.1) is 10.2 Å². The zero-order valence-corrected chi connectivity index (χ0v) is 20.4. The molecule has 0 spiro atoms. The van der Waals surface area contributed by atoms with Crippen LogP contribution in [0.2, 0.25) is 0 Å². The second-order valence-electron chi connectivity index (χ2n) is 8.77. The fourth-order valence-electron chi connectivity index (χ4n) is 4.40. The van der Waals surface area contributed by atoms with Gasteiger partial charge in [0.1, 0.15) is 5.75 Å². The molecule has 2 N–H and O–H groups in total. The molecule has 182 valence electrons. The van der Waals surface area contributed by atoms with Crippen LogP contribution in [0.1, 0.15) is 24.8 Å². The number of aromatic nitrogens is 3. The number of rotatable bonds is 6. The van der Waals surface area contributed by atoms with Crippen molar-refractivity contribution < 1.29 is 14.3 Å². The lowest BCUT2D eigenvalue weighted by Gasteiger charge is -2.33. The van der Waals surface area contributed by atoms with Crippen molar-refractivity contribution in [3.63, 3.8) is 0 Å². The fourth-order valence-corrected chi connectivity index (χ4v) is 5.22. The fraction of sp³-hybridized carbons (Fsp3) is 0.360. The van der Waals surface area contributed by atoms with E-state index in [2.05, 4.69) is 34.2 Å². The molecule has 0 unspecified atom stereocenters. The molecule has 1 fully saturated rings. The molecule has 2 aliphatic rings. The Balaban J connectivity index is 1.40. The number of benzene rings is 2. The summed E-state index contributed by atoms with van der Waals surface area (Å²) in [4.78, 5) is 29.0. The molecule has 35 heavy (non-hydrogen) atoms. The van der Waals surface area contributed by atoms with E-state index in [1.54, 1.807) is 23.1 Å². The highest BCUT2D eigenvalue weighted by Gasteiger charge is 2.33. The predicted octanol–water partition coefficient (Wildman–Crippen LogP) is 2.94. The zero-order valence-electron chi connectivity index (χ0n) is 19.6. The minimum atomic E-state index is -0.888. The molecule has 0 saturated carbocycles. The van der Waals surface area contributed by atoms with Crippen LogP contribution in [0.15, 0.2) is 53.7 Å². The number of fused-ring (bicyclic) bond motifs is 1. The Morgan fingerprint density at radius 3 is 2.54 bits per heavy atom. The Labute approximate surface area is 208 Å². The number of hydrogen-bond acceptors (Lipinski definition) is 7. The molecule has 1 atom stereocenters. The first-order valence-electron chi connectivity index (χ1n) is 11.8. The van der Waals surface area contributed by atoms with Crippen LogP contribution in [-0.2, 0) is 9.59 Å². The first-order valence-corrected chi connectivity index (χ1v) is 12.8. The van der Waals surface area contributed by atoms with Gasteiger partial charge in [-0.25, -0.2) is 0 Å². The summed E-state index contributed by atoms with van der Waals surface area (Å²) in [5, 5.41) is 9.62. The molecule has 1 saturated heterocycles. The first-order chi connectivity index (χ1) is 17.0. The van der Waals surface area contributed by atoms with Gasteiger partial charge in [0.25, 0.3) is 5.91 Å². The van der Waals surface area contributed by atoms with E-state index in [1.165, 1.54) is 23.7 Å². The number of piperidine rings is 1. The summed E-state index contributed by atoms with van der Waals surface area (Å²) in [5.74, 6) is 0.638. The molecule has 0 radical (unpaired) electrons. The molecule has 2 amide bonds. The van der Waals surface area contributed by atoms with Crippen LogP contribution in [0, 0.1) is 6.92 Å². The number of amides is 2. The number of nitrogens with zero attached hydrogens (tertiary/aromatic N) is 5. The molecular formula is C25H28N6O3S. The summed E-state index contributed by atoms with van der Waals surface area (Å²) >= 11 is 1.33. The summed E-state index contributed by atoms with van der Waals surface area (Å²) in [5.41, 5.74) is 8.24. The van der Waals surface area contributed by atoms with Crippen LogP contribution in [0.3, 0.4) is 0 Å². The number of carbonyl (C=O) groups excluding carboxylic acids is 2. The van der Waals surface area contributed by atoms with Crippen LogP contribution < -0.4 is 20.3 Å². The van der Waals surface area contributed by atoms with Crippen LogP contribution in [0.4, 0.5) is 11.6 Å². The second-order valence-corrected chi connectivity index (χ2v) is 9.71. The van der Waals surface area contributed by atoms with Gasteiger partial charge in [-0.1, -0.05) is 41.6 Å². The van der Waals surface area contributed by atoms with E-state index in [9.17, 15) is 9.59 Å². The summed E-state index contributed by atoms with van der Waals surface area (Å²) in [6.07, 6.45) is 2.58. The summed E-state index contributed by atoms with van der Waals surface area (Å²) in [7, 11) is 0. The Bertz CT molecular complexity index is 1220. The number of ether oxygens (including phenoxy) is 1. The molecule has 3 heterocycles. The minimum absolute atomic E-state index is 0.0788.